The van der Waals surface area contributed by atoms with Gasteiger partial charge in [0.15, 0.2) is 6.34 Å². The summed E-state index contributed by atoms with van der Waals surface area (Å²) < 4.78 is 0.900. The molecule has 0 fully saturated rings. The first-order chi connectivity index (χ1) is 8.77. The van der Waals surface area contributed by atoms with Crippen molar-refractivity contribution in [2.75, 3.05) is 13.6 Å². The molecule has 1 atom stereocenters. The van der Waals surface area contributed by atoms with Gasteiger partial charge in [0, 0.05) is 0 Å². The van der Waals surface area contributed by atoms with Gasteiger partial charge in [-0.15, -0.1) is 0 Å². The fraction of sp³-hybridized carbons (Fsp3) is 0.812. The van der Waals surface area contributed by atoms with Crippen molar-refractivity contribution in [2.24, 2.45) is 4.99 Å². The van der Waals surface area contributed by atoms with Crippen molar-refractivity contribution in [2.45, 2.75) is 71.1 Å². The molecule has 0 aliphatic carbocycles. The van der Waals surface area contributed by atoms with Crippen molar-refractivity contribution in [3.05, 3.63) is 12.4 Å². The van der Waals surface area contributed by atoms with Crippen molar-refractivity contribution in [3.8, 4) is 0 Å². The van der Waals surface area contributed by atoms with Crippen LogP contribution in [0.5, 0.6) is 0 Å². The Bertz CT molecular complexity index is 249. The van der Waals surface area contributed by atoms with Crippen LogP contribution in [0.15, 0.2) is 17.4 Å². The summed E-state index contributed by atoms with van der Waals surface area (Å²) in [6.45, 7) is 3.49. The molecule has 1 heterocycles. The third kappa shape index (κ3) is 9.61. The molecular formula is C16H31IN2. The van der Waals surface area contributed by atoms with Crippen LogP contribution in [0.3, 0.4) is 0 Å². The average Bonchev–Trinajstić information content (AvgIpc) is 2.79. The second-order valence-corrected chi connectivity index (χ2v) is 5.82. The maximum atomic E-state index is 4.17. The Morgan fingerprint density at radius 1 is 0.842 bits per heavy atom. The van der Waals surface area contributed by atoms with Crippen molar-refractivity contribution in [3.63, 3.8) is 0 Å². The van der Waals surface area contributed by atoms with Crippen LogP contribution in [0.25, 0.3) is 0 Å². The number of hydrogen-bond acceptors (Lipinski definition) is 1. The second kappa shape index (κ2) is 11.9. The van der Waals surface area contributed by atoms with Crippen LogP contribution < -0.4 is 24.0 Å². The summed E-state index contributed by atoms with van der Waals surface area (Å²) in [4.78, 5) is 4.17. The molecule has 2 nitrogen and oxygen atoms in total. The topological polar surface area (TPSA) is 12.4 Å². The van der Waals surface area contributed by atoms with Gasteiger partial charge in [-0.3, -0.25) is 4.48 Å². The summed E-state index contributed by atoms with van der Waals surface area (Å²) in [6.07, 6.45) is 20.2. The molecule has 0 aromatic heterocycles. The minimum atomic E-state index is 0. The van der Waals surface area contributed by atoms with Gasteiger partial charge < -0.3 is 24.0 Å². The van der Waals surface area contributed by atoms with Crippen LogP contribution in [0.2, 0.25) is 0 Å². The minimum Gasteiger partial charge on any atom is -1.00 e. The Kier molecular flexibility index (Phi) is 12.0. The maximum absolute atomic E-state index is 4.17. The highest BCUT2D eigenvalue weighted by Crippen LogP contribution is 2.13. The lowest BCUT2D eigenvalue weighted by molar-refractivity contribution is -0.756. The molecule has 0 spiro atoms. The predicted molar refractivity (Wildman–Crippen MR) is 80.5 cm³/mol. The van der Waals surface area contributed by atoms with E-state index in [1.54, 1.807) is 0 Å². The fourth-order valence-electron chi connectivity index (χ4n) is 2.49. The first-order valence-corrected chi connectivity index (χ1v) is 7.84. The SMILES string of the molecule is CCCCCCCCCCCC[N+]1(C)C=CN=C1.[I-]. The number of rotatable bonds is 11. The van der Waals surface area contributed by atoms with Gasteiger partial charge in [0.05, 0.1) is 19.8 Å². The predicted octanol–water partition coefficient (Wildman–Crippen LogP) is 1.87. The first kappa shape index (κ1) is 19.1. The summed E-state index contributed by atoms with van der Waals surface area (Å²) in [6, 6.07) is 0. The van der Waals surface area contributed by atoms with E-state index in [4.69, 9.17) is 0 Å². The van der Waals surface area contributed by atoms with Gasteiger partial charge in [-0.2, -0.15) is 0 Å². The zero-order valence-electron chi connectivity index (χ0n) is 12.8. The third-order valence-corrected chi connectivity index (χ3v) is 3.82. The Hall–Kier alpha value is 0.100. The Labute approximate surface area is 137 Å². The lowest BCUT2D eigenvalue weighted by atomic mass is 10.1. The molecule has 0 amide bonds. The summed E-state index contributed by atoms with van der Waals surface area (Å²) in [5.41, 5.74) is 0. The lowest BCUT2D eigenvalue weighted by Gasteiger charge is -2.21. The summed E-state index contributed by atoms with van der Waals surface area (Å²) in [5.74, 6) is 0. The molecule has 0 bridgehead atoms. The molecule has 1 aliphatic heterocycles. The molecule has 0 saturated carbocycles. The van der Waals surface area contributed by atoms with Crippen molar-refractivity contribution in [1.29, 1.82) is 0 Å². The van der Waals surface area contributed by atoms with Crippen molar-refractivity contribution >= 4 is 6.34 Å². The molecule has 0 N–H and O–H groups in total. The molecular weight excluding hydrogens is 347 g/mol. The molecule has 0 radical (unpaired) electrons. The Morgan fingerprint density at radius 3 is 1.84 bits per heavy atom. The molecule has 0 aromatic rings. The number of halogens is 1. The van der Waals surface area contributed by atoms with Gasteiger partial charge in [-0.25, -0.2) is 4.99 Å². The number of nitrogens with zero attached hydrogens (tertiary/aromatic N) is 2. The van der Waals surface area contributed by atoms with E-state index in [0.29, 0.717) is 0 Å². The van der Waals surface area contributed by atoms with Gasteiger partial charge in [0.2, 0.25) is 0 Å². The highest BCUT2D eigenvalue weighted by Gasteiger charge is 2.17. The van der Waals surface area contributed by atoms with Gasteiger partial charge in [-0.1, -0.05) is 58.3 Å². The van der Waals surface area contributed by atoms with Gasteiger partial charge in [0.25, 0.3) is 0 Å². The van der Waals surface area contributed by atoms with Crippen molar-refractivity contribution < 1.29 is 28.5 Å². The highest BCUT2D eigenvalue weighted by molar-refractivity contribution is 5.50. The zero-order chi connectivity index (χ0) is 13.1. The standard InChI is InChI=1S/C16H31N2.HI/c1-3-4-5-6-7-8-9-10-11-12-14-18(2)15-13-17-16-18;/h13,15-16H,3-12,14H2,1-2H3;1H/q+1;/p-1. The van der Waals surface area contributed by atoms with E-state index in [2.05, 4.69) is 25.2 Å². The summed E-state index contributed by atoms with van der Waals surface area (Å²) in [5, 5.41) is 0. The van der Waals surface area contributed by atoms with Crippen LogP contribution in [-0.2, 0) is 0 Å². The van der Waals surface area contributed by atoms with Crippen LogP contribution in [-0.4, -0.2) is 24.4 Å². The Morgan fingerprint density at radius 2 is 1.37 bits per heavy atom. The largest absolute Gasteiger partial charge is 1.00 e. The van der Waals surface area contributed by atoms with E-state index in [1.807, 2.05) is 12.5 Å². The number of quaternary nitrogens is 1. The van der Waals surface area contributed by atoms with Crippen LogP contribution in [0.4, 0.5) is 0 Å². The number of hydrogen-bond donors (Lipinski definition) is 0. The monoisotopic (exact) mass is 378 g/mol. The second-order valence-electron chi connectivity index (χ2n) is 5.82. The first-order valence-electron chi connectivity index (χ1n) is 7.84. The summed E-state index contributed by atoms with van der Waals surface area (Å²) >= 11 is 0. The maximum Gasteiger partial charge on any atom is 0.194 e. The minimum absolute atomic E-state index is 0. The van der Waals surface area contributed by atoms with Gasteiger partial charge in [-0.05, 0) is 12.8 Å². The van der Waals surface area contributed by atoms with Crippen LogP contribution in [0, 0.1) is 0 Å². The number of aliphatic imine (C=N–C) groups is 1. The van der Waals surface area contributed by atoms with Gasteiger partial charge >= 0.3 is 0 Å². The van der Waals surface area contributed by atoms with Crippen LogP contribution >= 0.6 is 0 Å². The average molecular weight is 378 g/mol. The van der Waals surface area contributed by atoms with E-state index in [1.165, 1.54) is 70.8 Å². The molecule has 19 heavy (non-hydrogen) atoms. The summed E-state index contributed by atoms with van der Waals surface area (Å²) in [7, 11) is 2.22. The van der Waals surface area contributed by atoms with Crippen LogP contribution in [0.1, 0.15) is 71.1 Å². The van der Waals surface area contributed by atoms with Crippen molar-refractivity contribution in [1.82, 2.24) is 0 Å². The Balaban J connectivity index is 0.00000324. The molecule has 0 saturated heterocycles. The molecule has 3 heteroatoms. The molecule has 112 valence electrons. The van der Waals surface area contributed by atoms with E-state index in [9.17, 15) is 0 Å². The molecule has 1 rings (SSSR count). The van der Waals surface area contributed by atoms with E-state index >= 15 is 0 Å². The highest BCUT2D eigenvalue weighted by atomic mass is 127. The quantitative estimate of drug-likeness (QED) is 0.296. The molecule has 0 aromatic carbocycles. The fourth-order valence-corrected chi connectivity index (χ4v) is 2.49. The van der Waals surface area contributed by atoms with Gasteiger partial charge in [0.1, 0.15) is 6.20 Å². The zero-order valence-corrected chi connectivity index (χ0v) is 14.9. The lowest BCUT2D eigenvalue weighted by Crippen LogP contribution is -3.00. The smallest absolute Gasteiger partial charge is 0.194 e. The molecule has 1 unspecified atom stereocenters. The van der Waals surface area contributed by atoms with E-state index < -0.39 is 0 Å². The van der Waals surface area contributed by atoms with E-state index in [-0.39, 0.29) is 24.0 Å². The number of unbranched alkanes of at least 4 members (excludes halogenated alkanes) is 9. The normalized spacial score (nSPS) is 20.7. The van der Waals surface area contributed by atoms with E-state index in [0.717, 1.165) is 4.48 Å². The molecule has 1 aliphatic rings. The third-order valence-electron chi connectivity index (χ3n) is 3.82.